The summed E-state index contributed by atoms with van der Waals surface area (Å²) in [7, 11) is -3.67. The summed E-state index contributed by atoms with van der Waals surface area (Å²) >= 11 is 1.07. The maximum Gasteiger partial charge on any atom is 0.762 e. The third kappa shape index (κ3) is 43.7. The summed E-state index contributed by atoms with van der Waals surface area (Å²) in [5.41, 5.74) is 0. The molecule has 9 heavy (non-hydrogen) atoms. The van der Waals surface area contributed by atoms with Crippen LogP contribution in [-0.4, -0.2) is 56.5 Å². The van der Waals surface area contributed by atoms with Crippen LogP contribution in [0.1, 0.15) is 20.3 Å². The fraction of sp³-hybridized carbons (Fsp3) is 1.00. The fourth-order valence-corrected chi connectivity index (χ4v) is 0. The van der Waals surface area contributed by atoms with Gasteiger partial charge in [-0.2, -0.15) is 0 Å². The van der Waals surface area contributed by atoms with Crippen LogP contribution < -0.4 is 0 Å². The predicted molar refractivity (Wildman–Crippen MR) is 34.5 cm³/mol. The van der Waals surface area contributed by atoms with E-state index in [9.17, 15) is 12.9 Å². The van der Waals surface area contributed by atoms with Crippen molar-refractivity contribution in [2.24, 2.45) is 0 Å². The van der Waals surface area contributed by atoms with Crippen molar-refractivity contribution in [2.75, 3.05) is 0 Å². The zero-order valence-electron chi connectivity index (χ0n) is 6.00. The topological polar surface area (TPSA) is 0 Å². The third-order valence-electron chi connectivity index (χ3n) is 0.816. The van der Waals surface area contributed by atoms with Crippen molar-refractivity contribution in [3.63, 3.8) is 0 Å². The van der Waals surface area contributed by atoms with E-state index in [4.69, 9.17) is 0 Å². The molecule has 0 aromatic rings. The second-order valence-electron chi connectivity index (χ2n) is 2.05. The van der Waals surface area contributed by atoms with Gasteiger partial charge < -0.3 is 0 Å². The molecule has 0 nitrogen and oxygen atoms in total. The van der Waals surface area contributed by atoms with Crippen molar-refractivity contribution in [3.05, 3.63) is 0 Å². The summed E-state index contributed by atoms with van der Waals surface area (Å²) in [6.45, 7) is 4.55. The number of hydrogen-bond donors (Lipinski definition) is 0. The molecule has 0 amide bonds. The normalized spacial score (nSPS) is 11.4. The average Bonchev–Trinajstić information content (AvgIpc) is 1.65. The first kappa shape index (κ1) is 13.1. The van der Waals surface area contributed by atoms with Gasteiger partial charge in [-0.05, 0) is 0 Å². The zero-order valence-corrected chi connectivity index (χ0v) is 9.12. The minimum atomic E-state index is -3.67. The molecule has 0 saturated heterocycles. The Hall–Kier alpha value is 1.49. The molecular formula is C4H9BF3K. The van der Waals surface area contributed by atoms with E-state index in [1.807, 2.05) is 0 Å². The molecule has 50 valence electrons. The molecule has 0 heterocycles. The number of halogens is 3. The monoisotopic (exact) mass is 164 g/mol. The Morgan fingerprint density at radius 2 is 1.56 bits per heavy atom. The average molecular weight is 164 g/mol. The molecule has 0 radical (unpaired) electrons. The van der Waals surface area contributed by atoms with Crippen LogP contribution in [0.4, 0.5) is 12.9 Å². The molecule has 1 unspecified atom stereocenters. The Balaban J connectivity index is 0. The van der Waals surface area contributed by atoms with Crippen molar-refractivity contribution in [1.82, 2.24) is 0 Å². The Labute approximate surface area is 88.4 Å². The van der Waals surface area contributed by atoms with Crippen molar-refractivity contribution in [1.29, 1.82) is 0 Å². The van der Waals surface area contributed by atoms with Crippen LogP contribution in [0, 0.1) is 0 Å². The molecule has 0 aliphatic heterocycles. The van der Waals surface area contributed by atoms with Gasteiger partial charge in [0.2, 0.25) is 0 Å². The van der Waals surface area contributed by atoms with E-state index in [1.165, 1.54) is 6.42 Å². The van der Waals surface area contributed by atoms with Crippen LogP contribution in [0.25, 0.3) is 0 Å². The fourth-order valence-electron chi connectivity index (χ4n) is 0. The molecule has 0 saturated carbocycles. The maximum atomic E-state index is 9.67. The van der Waals surface area contributed by atoms with Gasteiger partial charge in [0.05, 0.1) is 0 Å². The third-order valence-corrected chi connectivity index (χ3v) is 2.09. The van der Waals surface area contributed by atoms with Crippen molar-refractivity contribution in [2.45, 2.75) is 20.3 Å². The van der Waals surface area contributed by atoms with Crippen LogP contribution in [0.5, 0.6) is 0 Å². The molecule has 0 bridgehead atoms. The molecule has 5 heteroatoms. The van der Waals surface area contributed by atoms with E-state index >= 15 is 0 Å². The van der Waals surface area contributed by atoms with E-state index in [2.05, 4.69) is 13.8 Å². The molecule has 1 atom stereocenters. The summed E-state index contributed by atoms with van der Waals surface area (Å²) in [6, 6.07) is 0. The molecule has 0 N–H and O–H groups in total. The minimum absolute atomic E-state index is 1.07. The number of rotatable bonds is 1. The van der Waals surface area contributed by atoms with Gasteiger partial charge in [0.1, 0.15) is 0 Å². The summed E-state index contributed by atoms with van der Waals surface area (Å²) in [6.07, 6.45) is 1.39. The van der Waals surface area contributed by atoms with Crippen LogP contribution in [0.15, 0.2) is 0 Å². The first-order valence-electron chi connectivity index (χ1n) is 2.92. The molecular weight excluding hydrogens is 155 g/mol. The van der Waals surface area contributed by atoms with Crippen molar-refractivity contribution >= 4 is 56.5 Å². The molecule has 0 aromatic heterocycles. The van der Waals surface area contributed by atoms with Crippen molar-refractivity contribution in [3.8, 4) is 0 Å². The maximum absolute atomic E-state index is 9.67. The van der Waals surface area contributed by atoms with Gasteiger partial charge >= 0.3 is 76.8 Å². The Morgan fingerprint density at radius 1 is 1.44 bits per heavy atom. The SMILES string of the molecule is CC[CH](C)[K].FB(F)F. The van der Waals surface area contributed by atoms with Crippen LogP contribution in [0.3, 0.4) is 0 Å². The Morgan fingerprint density at radius 3 is 1.56 bits per heavy atom. The molecule has 0 rings (SSSR count). The van der Waals surface area contributed by atoms with Gasteiger partial charge in [0.15, 0.2) is 0 Å². The van der Waals surface area contributed by atoms with Gasteiger partial charge in [0.25, 0.3) is 0 Å². The summed E-state index contributed by atoms with van der Waals surface area (Å²) in [5, 5.41) is 0. The second kappa shape index (κ2) is 9.49. The summed E-state index contributed by atoms with van der Waals surface area (Å²) < 4.78 is 30.1. The second-order valence-corrected chi connectivity index (χ2v) is 5.13. The van der Waals surface area contributed by atoms with Gasteiger partial charge in [-0.25, -0.2) is 0 Å². The first-order chi connectivity index (χ1) is 4.00. The largest absolute Gasteiger partial charge is 0.762 e. The van der Waals surface area contributed by atoms with Gasteiger partial charge in [-0.3, -0.25) is 12.9 Å². The minimum Gasteiger partial charge on any atom is -0.254 e. The predicted octanol–water partition coefficient (Wildman–Crippen LogP) is 2.25. The standard InChI is InChI=1S/C4H9.BF3.K/c1-3-4-2;2-1(3)4;/h3H,4H2,1-2H3;;. The summed E-state index contributed by atoms with van der Waals surface area (Å²) in [4.78, 5) is 0. The number of hydrogen-bond acceptors (Lipinski definition) is 0. The van der Waals surface area contributed by atoms with Gasteiger partial charge in [-0.1, -0.05) is 0 Å². The van der Waals surface area contributed by atoms with Gasteiger partial charge in [0, 0.05) is 0 Å². The van der Waals surface area contributed by atoms with Crippen LogP contribution >= 0.6 is 0 Å². The summed E-state index contributed by atoms with van der Waals surface area (Å²) in [5.74, 6) is 0. The van der Waals surface area contributed by atoms with Crippen molar-refractivity contribution < 1.29 is 12.9 Å². The van der Waals surface area contributed by atoms with Crippen LogP contribution in [-0.2, 0) is 0 Å². The zero-order chi connectivity index (χ0) is 7.86. The van der Waals surface area contributed by atoms with E-state index in [1.54, 1.807) is 0 Å². The van der Waals surface area contributed by atoms with E-state index in [-0.39, 0.29) is 0 Å². The molecule has 0 aliphatic carbocycles. The first-order valence-corrected chi connectivity index (χ1v) is 4.73. The van der Waals surface area contributed by atoms with E-state index < -0.39 is 7.54 Å². The molecule has 0 aliphatic rings. The van der Waals surface area contributed by atoms with E-state index in [0.29, 0.717) is 0 Å². The van der Waals surface area contributed by atoms with Crippen LogP contribution in [0.2, 0.25) is 0.0125 Å². The Bertz CT molecular complexity index is 48.3. The smallest absolute Gasteiger partial charge is 0.254 e. The quantitative estimate of drug-likeness (QED) is 0.521. The van der Waals surface area contributed by atoms with Gasteiger partial charge in [-0.15, -0.1) is 0 Å². The molecule has 0 aromatic carbocycles. The Kier molecular flexibility index (Phi) is 13.8. The van der Waals surface area contributed by atoms with E-state index in [0.717, 1.165) is 49.0 Å². The molecule has 0 fully saturated rings. The molecule has 0 spiro atoms.